The number of carbonyl (C=O) groups is 1. The smallest absolute Gasteiger partial charge is 0.225 e. The van der Waals surface area contributed by atoms with Gasteiger partial charge in [-0.1, -0.05) is 12.5 Å². The second-order valence-electron chi connectivity index (χ2n) is 5.73. The Kier molecular flexibility index (Phi) is 6.68. The number of ether oxygens (including phenoxy) is 1. The van der Waals surface area contributed by atoms with Crippen LogP contribution < -0.4 is 10.1 Å². The van der Waals surface area contributed by atoms with Crippen LogP contribution in [0.4, 0.5) is 5.69 Å². The summed E-state index contributed by atoms with van der Waals surface area (Å²) in [5.41, 5.74) is 0.759. The highest BCUT2D eigenvalue weighted by Crippen LogP contribution is 2.20. The summed E-state index contributed by atoms with van der Waals surface area (Å²) in [6.07, 6.45) is 4.80. The van der Waals surface area contributed by atoms with Crippen LogP contribution in [0.3, 0.4) is 0 Å². The Morgan fingerprint density at radius 2 is 2.32 bits per heavy atom. The Hall–Kier alpha value is -1.59. The second-order valence-corrected chi connectivity index (χ2v) is 5.73. The quantitative estimate of drug-likeness (QED) is 0.811. The molecule has 0 spiro atoms. The number of piperidine rings is 1. The molecule has 0 bridgehead atoms. The zero-order valence-electron chi connectivity index (χ0n) is 13.3. The predicted molar refractivity (Wildman–Crippen MR) is 87.2 cm³/mol. The van der Waals surface area contributed by atoms with Gasteiger partial charge >= 0.3 is 0 Å². The van der Waals surface area contributed by atoms with Gasteiger partial charge in [-0.05, 0) is 37.9 Å². The Bertz CT molecular complexity index is 477. The number of nitrogens with one attached hydrogen (secondary N) is 1. The summed E-state index contributed by atoms with van der Waals surface area (Å²) in [7, 11) is 1.61. The van der Waals surface area contributed by atoms with Gasteiger partial charge < -0.3 is 15.2 Å². The van der Waals surface area contributed by atoms with Crippen LogP contribution in [0.2, 0.25) is 0 Å². The minimum absolute atomic E-state index is 0.0153. The average molecular weight is 306 g/mol. The zero-order valence-corrected chi connectivity index (χ0v) is 13.3. The molecule has 1 aliphatic heterocycles. The van der Waals surface area contributed by atoms with Crippen LogP contribution in [0.1, 0.15) is 32.1 Å². The number of likely N-dealkylation sites (tertiary alicyclic amines) is 1. The molecule has 2 rings (SSSR count). The molecular weight excluding hydrogens is 280 g/mol. The number of anilines is 1. The summed E-state index contributed by atoms with van der Waals surface area (Å²) in [4.78, 5) is 14.4. The number of aliphatic hydroxyl groups excluding tert-OH is 1. The van der Waals surface area contributed by atoms with Gasteiger partial charge in [-0.3, -0.25) is 9.69 Å². The van der Waals surface area contributed by atoms with Crippen LogP contribution in [0.25, 0.3) is 0 Å². The maximum atomic E-state index is 12.1. The van der Waals surface area contributed by atoms with Crippen molar-refractivity contribution in [2.75, 3.05) is 32.1 Å². The number of hydrogen-bond acceptors (Lipinski definition) is 4. The summed E-state index contributed by atoms with van der Waals surface area (Å²) in [6, 6.07) is 7.80. The van der Waals surface area contributed by atoms with Gasteiger partial charge in [0, 0.05) is 37.4 Å². The van der Waals surface area contributed by atoms with Crippen molar-refractivity contribution < 1.29 is 14.6 Å². The first kappa shape index (κ1) is 16.8. The Balaban J connectivity index is 1.81. The molecule has 0 aromatic heterocycles. The molecule has 1 unspecified atom stereocenters. The van der Waals surface area contributed by atoms with Crippen molar-refractivity contribution in [3.63, 3.8) is 0 Å². The van der Waals surface area contributed by atoms with E-state index in [4.69, 9.17) is 9.84 Å². The Morgan fingerprint density at radius 3 is 3.09 bits per heavy atom. The van der Waals surface area contributed by atoms with Gasteiger partial charge in [0.25, 0.3) is 0 Å². The fraction of sp³-hybridized carbons (Fsp3) is 0.588. The van der Waals surface area contributed by atoms with Crippen LogP contribution in [-0.4, -0.2) is 48.8 Å². The van der Waals surface area contributed by atoms with E-state index in [1.807, 2.05) is 24.3 Å². The van der Waals surface area contributed by atoms with E-state index in [-0.39, 0.29) is 12.5 Å². The van der Waals surface area contributed by atoms with Crippen molar-refractivity contribution >= 4 is 11.6 Å². The molecule has 1 fully saturated rings. The van der Waals surface area contributed by atoms with Crippen LogP contribution in [0.5, 0.6) is 5.75 Å². The normalized spacial score (nSPS) is 18.9. The highest BCUT2D eigenvalue weighted by molar-refractivity contribution is 5.91. The number of benzene rings is 1. The molecular formula is C17H26N2O3. The lowest BCUT2D eigenvalue weighted by atomic mass is 9.99. The molecule has 1 heterocycles. The first-order chi connectivity index (χ1) is 10.7. The summed E-state index contributed by atoms with van der Waals surface area (Å²) in [5, 5.41) is 12.0. The van der Waals surface area contributed by atoms with E-state index in [1.54, 1.807) is 7.11 Å². The van der Waals surface area contributed by atoms with Crippen molar-refractivity contribution in [3.8, 4) is 5.75 Å². The van der Waals surface area contributed by atoms with Gasteiger partial charge in [-0.25, -0.2) is 0 Å². The van der Waals surface area contributed by atoms with Gasteiger partial charge in [0.2, 0.25) is 5.91 Å². The van der Waals surface area contributed by atoms with E-state index in [0.29, 0.717) is 12.5 Å². The second kappa shape index (κ2) is 8.76. The number of nitrogens with zero attached hydrogens (tertiary/aromatic N) is 1. The fourth-order valence-electron chi connectivity index (χ4n) is 3.00. The lowest BCUT2D eigenvalue weighted by Crippen LogP contribution is -2.41. The molecule has 5 heteroatoms. The minimum Gasteiger partial charge on any atom is -0.497 e. The lowest BCUT2D eigenvalue weighted by molar-refractivity contribution is -0.116. The van der Waals surface area contributed by atoms with E-state index in [1.165, 1.54) is 12.8 Å². The molecule has 1 saturated heterocycles. The highest BCUT2D eigenvalue weighted by atomic mass is 16.5. The zero-order chi connectivity index (χ0) is 15.8. The standard InChI is InChI=1S/C17H26N2O3/c1-22-16-7-4-5-14(13-16)18-17(21)8-11-19-10-3-2-6-15(19)9-12-20/h4-5,7,13,15,20H,2-3,6,8-12H2,1H3,(H,18,21). The lowest BCUT2D eigenvalue weighted by Gasteiger charge is -2.35. The van der Waals surface area contributed by atoms with E-state index in [0.717, 1.165) is 37.4 Å². The van der Waals surface area contributed by atoms with E-state index in [9.17, 15) is 4.79 Å². The van der Waals surface area contributed by atoms with Crippen molar-refractivity contribution in [2.45, 2.75) is 38.1 Å². The minimum atomic E-state index is 0.0153. The number of methoxy groups -OCH3 is 1. The van der Waals surface area contributed by atoms with Crippen LogP contribution in [-0.2, 0) is 4.79 Å². The third kappa shape index (κ3) is 5.00. The van der Waals surface area contributed by atoms with E-state index < -0.39 is 0 Å². The van der Waals surface area contributed by atoms with Gasteiger partial charge in [-0.15, -0.1) is 0 Å². The maximum Gasteiger partial charge on any atom is 0.225 e. The molecule has 1 atom stereocenters. The summed E-state index contributed by atoms with van der Waals surface area (Å²) in [6.45, 7) is 1.99. The third-order valence-electron chi connectivity index (χ3n) is 4.19. The Morgan fingerprint density at radius 1 is 1.45 bits per heavy atom. The SMILES string of the molecule is COc1cccc(NC(=O)CCN2CCCCC2CCO)c1. The number of rotatable bonds is 7. The summed E-state index contributed by atoms with van der Waals surface area (Å²) < 4.78 is 5.15. The molecule has 122 valence electrons. The number of carbonyl (C=O) groups excluding carboxylic acids is 1. The molecule has 0 aliphatic carbocycles. The van der Waals surface area contributed by atoms with Gasteiger partial charge in [0.1, 0.15) is 5.75 Å². The predicted octanol–water partition coefficient (Wildman–Crippen LogP) is 2.26. The fourth-order valence-corrected chi connectivity index (χ4v) is 3.00. The van der Waals surface area contributed by atoms with Crippen LogP contribution in [0, 0.1) is 0 Å². The molecule has 1 amide bonds. The van der Waals surface area contributed by atoms with Crippen molar-refractivity contribution in [1.29, 1.82) is 0 Å². The highest BCUT2D eigenvalue weighted by Gasteiger charge is 2.22. The average Bonchev–Trinajstić information content (AvgIpc) is 2.54. The molecule has 0 saturated carbocycles. The van der Waals surface area contributed by atoms with Crippen LogP contribution >= 0.6 is 0 Å². The van der Waals surface area contributed by atoms with Crippen molar-refractivity contribution in [2.24, 2.45) is 0 Å². The topological polar surface area (TPSA) is 61.8 Å². The molecule has 5 nitrogen and oxygen atoms in total. The van der Waals surface area contributed by atoms with Crippen molar-refractivity contribution in [3.05, 3.63) is 24.3 Å². The summed E-state index contributed by atoms with van der Waals surface area (Å²) >= 11 is 0. The monoisotopic (exact) mass is 306 g/mol. The van der Waals surface area contributed by atoms with E-state index in [2.05, 4.69) is 10.2 Å². The number of hydrogen-bond donors (Lipinski definition) is 2. The summed E-state index contributed by atoms with van der Waals surface area (Å²) in [5.74, 6) is 0.749. The Labute approximate surface area is 132 Å². The first-order valence-corrected chi connectivity index (χ1v) is 8.01. The third-order valence-corrected chi connectivity index (χ3v) is 4.19. The molecule has 1 aromatic carbocycles. The number of amides is 1. The van der Waals surface area contributed by atoms with Gasteiger partial charge in [0.05, 0.1) is 7.11 Å². The maximum absolute atomic E-state index is 12.1. The van der Waals surface area contributed by atoms with Gasteiger partial charge in [-0.2, -0.15) is 0 Å². The first-order valence-electron chi connectivity index (χ1n) is 8.01. The van der Waals surface area contributed by atoms with Crippen LogP contribution in [0.15, 0.2) is 24.3 Å². The molecule has 1 aliphatic rings. The number of aliphatic hydroxyl groups is 1. The molecule has 22 heavy (non-hydrogen) atoms. The van der Waals surface area contributed by atoms with Gasteiger partial charge in [0.15, 0.2) is 0 Å². The van der Waals surface area contributed by atoms with E-state index >= 15 is 0 Å². The molecule has 0 radical (unpaired) electrons. The van der Waals surface area contributed by atoms with Crippen molar-refractivity contribution in [1.82, 2.24) is 4.90 Å². The largest absolute Gasteiger partial charge is 0.497 e. The molecule has 1 aromatic rings. The molecule has 2 N–H and O–H groups in total.